The zero-order valence-electron chi connectivity index (χ0n) is 22.8. The Balaban J connectivity index is 1.37. The maximum absolute atomic E-state index is 2.47. The van der Waals surface area contributed by atoms with E-state index < -0.39 is 0 Å². The largest absolute Gasteiger partial charge is 0.309 e. The number of thiophene rings is 1. The topological polar surface area (TPSA) is 4.93 Å². The highest BCUT2D eigenvalue weighted by molar-refractivity contribution is 7.26. The molecule has 2 heteroatoms. The molecule has 0 spiro atoms. The zero-order chi connectivity index (χ0) is 27.6. The van der Waals surface area contributed by atoms with Crippen molar-refractivity contribution in [3.63, 3.8) is 0 Å². The summed E-state index contributed by atoms with van der Waals surface area (Å²) in [5.41, 5.74) is 8.65. The SMILES string of the molecule is c1ccc(-c2ccc3c(c2)c2ccc(-c4cccc5c4sc4ccccc45)cc2n3-c2cccc3ccccc23)cc1. The standard InChI is InChI=1S/C40H25NS/c1-2-10-26(11-3-1)28-21-23-37-35(24-28)32-22-20-29(31-16-9-17-34-33-15-6-7-19-39(33)42-40(31)34)25-38(32)41(37)36-18-8-13-27-12-4-5-14-30(27)36/h1-25H. The van der Waals surface area contributed by atoms with Crippen molar-refractivity contribution < 1.29 is 0 Å². The lowest BCUT2D eigenvalue weighted by Gasteiger charge is -2.12. The second-order valence-corrected chi connectivity index (χ2v) is 12.0. The molecule has 2 aromatic heterocycles. The molecule has 196 valence electrons. The van der Waals surface area contributed by atoms with Gasteiger partial charge in [-0.05, 0) is 58.0 Å². The van der Waals surface area contributed by atoms with Crippen LogP contribution in [0.1, 0.15) is 0 Å². The molecule has 9 rings (SSSR count). The average Bonchev–Trinajstić information content (AvgIpc) is 3.60. The molecule has 0 aliphatic carbocycles. The van der Waals surface area contributed by atoms with Gasteiger partial charge in [0.2, 0.25) is 0 Å². The van der Waals surface area contributed by atoms with E-state index in [0.717, 1.165) is 0 Å². The number of nitrogens with zero attached hydrogens (tertiary/aromatic N) is 1. The first-order chi connectivity index (χ1) is 20.8. The molecule has 7 aromatic carbocycles. The van der Waals surface area contributed by atoms with Gasteiger partial charge in [-0.15, -0.1) is 11.3 Å². The van der Waals surface area contributed by atoms with Crippen molar-refractivity contribution >= 4 is 64.1 Å². The summed E-state index contributed by atoms with van der Waals surface area (Å²) in [7, 11) is 0. The summed E-state index contributed by atoms with van der Waals surface area (Å²) in [4.78, 5) is 0. The fourth-order valence-electron chi connectivity index (χ4n) is 6.64. The van der Waals surface area contributed by atoms with Gasteiger partial charge in [-0.3, -0.25) is 0 Å². The van der Waals surface area contributed by atoms with Gasteiger partial charge in [-0.2, -0.15) is 0 Å². The van der Waals surface area contributed by atoms with Gasteiger partial charge in [-0.1, -0.05) is 121 Å². The Hall–Kier alpha value is -5.18. The van der Waals surface area contributed by atoms with E-state index in [2.05, 4.69) is 156 Å². The van der Waals surface area contributed by atoms with E-state index in [0.29, 0.717) is 0 Å². The Morgan fingerprint density at radius 1 is 0.405 bits per heavy atom. The Bertz CT molecular complexity index is 2460. The van der Waals surface area contributed by atoms with Gasteiger partial charge in [0.15, 0.2) is 0 Å². The third-order valence-electron chi connectivity index (χ3n) is 8.60. The van der Waals surface area contributed by atoms with Gasteiger partial charge < -0.3 is 4.57 Å². The first-order valence-corrected chi connectivity index (χ1v) is 15.2. The maximum atomic E-state index is 2.47. The minimum Gasteiger partial charge on any atom is -0.309 e. The van der Waals surface area contributed by atoms with E-state index in [9.17, 15) is 0 Å². The molecule has 42 heavy (non-hydrogen) atoms. The van der Waals surface area contributed by atoms with Gasteiger partial charge in [0.05, 0.1) is 16.7 Å². The van der Waals surface area contributed by atoms with Crippen molar-refractivity contribution in [3.8, 4) is 27.9 Å². The minimum atomic E-state index is 1.21. The van der Waals surface area contributed by atoms with E-state index in [4.69, 9.17) is 0 Å². The van der Waals surface area contributed by atoms with Crippen LogP contribution in [0.4, 0.5) is 0 Å². The van der Waals surface area contributed by atoms with Crippen molar-refractivity contribution in [2.24, 2.45) is 0 Å². The molecule has 0 bridgehead atoms. The molecule has 0 aliphatic heterocycles. The molecular weight excluding hydrogens is 527 g/mol. The molecule has 0 atom stereocenters. The third kappa shape index (κ3) is 3.49. The monoisotopic (exact) mass is 551 g/mol. The van der Waals surface area contributed by atoms with Gasteiger partial charge in [0, 0.05) is 36.3 Å². The molecule has 0 fully saturated rings. The normalized spacial score (nSPS) is 11.8. The van der Waals surface area contributed by atoms with Gasteiger partial charge in [0.1, 0.15) is 0 Å². The smallest absolute Gasteiger partial charge is 0.0547 e. The van der Waals surface area contributed by atoms with Crippen molar-refractivity contribution in [1.29, 1.82) is 0 Å². The summed E-state index contributed by atoms with van der Waals surface area (Å²) in [6.07, 6.45) is 0. The van der Waals surface area contributed by atoms with Gasteiger partial charge >= 0.3 is 0 Å². The lowest BCUT2D eigenvalue weighted by molar-refractivity contribution is 1.20. The molecule has 0 saturated heterocycles. The Morgan fingerprint density at radius 2 is 1.14 bits per heavy atom. The van der Waals surface area contributed by atoms with E-state index in [1.54, 1.807) is 0 Å². The van der Waals surface area contributed by atoms with Crippen LogP contribution in [0, 0.1) is 0 Å². The summed E-state index contributed by atoms with van der Waals surface area (Å²) in [5.74, 6) is 0. The maximum Gasteiger partial charge on any atom is 0.0547 e. The number of aromatic nitrogens is 1. The Kier molecular flexibility index (Phi) is 5.13. The highest BCUT2D eigenvalue weighted by atomic mass is 32.1. The Labute approximate surface area is 247 Å². The molecule has 0 aliphatic rings. The van der Waals surface area contributed by atoms with Crippen molar-refractivity contribution in [2.45, 2.75) is 0 Å². The van der Waals surface area contributed by atoms with Crippen LogP contribution in [0.3, 0.4) is 0 Å². The van der Waals surface area contributed by atoms with Crippen molar-refractivity contribution in [1.82, 2.24) is 4.57 Å². The minimum absolute atomic E-state index is 1.21. The third-order valence-corrected chi connectivity index (χ3v) is 9.82. The van der Waals surface area contributed by atoms with E-state index in [-0.39, 0.29) is 0 Å². The number of rotatable bonds is 3. The summed E-state index contributed by atoms with van der Waals surface area (Å²) < 4.78 is 5.15. The van der Waals surface area contributed by atoms with Gasteiger partial charge in [-0.25, -0.2) is 0 Å². The molecular formula is C40H25NS. The molecule has 0 radical (unpaired) electrons. The lowest BCUT2D eigenvalue weighted by Crippen LogP contribution is -1.95. The van der Waals surface area contributed by atoms with Crippen LogP contribution >= 0.6 is 11.3 Å². The van der Waals surface area contributed by atoms with Crippen molar-refractivity contribution in [2.75, 3.05) is 0 Å². The number of hydrogen-bond donors (Lipinski definition) is 0. The second-order valence-electron chi connectivity index (χ2n) is 10.9. The fourth-order valence-corrected chi connectivity index (χ4v) is 7.87. The van der Waals surface area contributed by atoms with Crippen molar-refractivity contribution in [3.05, 3.63) is 152 Å². The molecule has 9 aromatic rings. The first-order valence-electron chi connectivity index (χ1n) is 14.4. The molecule has 0 unspecified atom stereocenters. The summed E-state index contributed by atoms with van der Waals surface area (Å²) >= 11 is 1.89. The molecule has 0 saturated carbocycles. The second kappa shape index (κ2) is 9.17. The quantitative estimate of drug-likeness (QED) is 0.206. The average molecular weight is 552 g/mol. The summed E-state index contributed by atoms with van der Waals surface area (Å²) in [6, 6.07) is 55.5. The van der Waals surface area contributed by atoms with Crippen LogP contribution < -0.4 is 0 Å². The lowest BCUT2D eigenvalue weighted by atomic mass is 10.00. The number of benzene rings is 7. The first kappa shape index (κ1) is 23.5. The predicted molar refractivity (Wildman–Crippen MR) is 182 cm³/mol. The molecule has 0 N–H and O–H groups in total. The van der Waals surface area contributed by atoms with Crippen LogP contribution in [-0.4, -0.2) is 4.57 Å². The predicted octanol–water partition coefficient (Wildman–Crippen LogP) is 11.6. The molecule has 1 nitrogen and oxygen atoms in total. The van der Waals surface area contributed by atoms with E-state index in [1.807, 2.05) is 11.3 Å². The highest BCUT2D eigenvalue weighted by Gasteiger charge is 2.17. The van der Waals surface area contributed by atoms with Crippen LogP contribution in [0.2, 0.25) is 0 Å². The van der Waals surface area contributed by atoms with Crippen LogP contribution in [0.15, 0.2) is 152 Å². The van der Waals surface area contributed by atoms with Crippen LogP contribution in [0.25, 0.3) is 80.7 Å². The van der Waals surface area contributed by atoms with Crippen LogP contribution in [0.5, 0.6) is 0 Å². The fraction of sp³-hybridized carbons (Fsp3) is 0. The number of hydrogen-bond acceptors (Lipinski definition) is 1. The zero-order valence-corrected chi connectivity index (χ0v) is 23.6. The Morgan fingerprint density at radius 3 is 2.07 bits per heavy atom. The number of fused-ring (bicyclic) bond motifs is 7. The summed E-state index contributed by atoms with van der Waals surface area (Å²) in [6.45, 7) is 0. The van der Waals surface area contributed by atoms with E-state index in [1.165, 1.54) is 80.7 Å². The summed E-state index contributed by atoms with van der Waals surface area (Å²) in [5, 5.41) is 7.70. The van der Waals surface area contributed by atoms with Crippen LogP contribution in [-0.2, 0) is 0 Å². The molecule has 2 heterocycles. The highest BCUT2D eigenvalue weighted by Crippen LogP contribution is 2.42. The molecule has 0 amide bonds. The van der Waals surface area contributed by atoms with Gasteiger partial charge in [0.25, 0.3) is 0 Å². The van der Waals surface area contributed by atoms with E-state index >= 15 is 0 Å².